The molecule has 11 heteroatoms. The summed E-state index contributed by atoms with van der Waals surface area (Å²) in [4.78, 5) is 30.8. The second-order valence-corrected chi connectivity index (χ2v) is 9.84. The minimum atomic E-state index is -4.44. The molecule has 0 saturated heterocycles. The van der Waals surface area contributed by atoms with E-state index < -0.39 is 23.6 Å². The molecule has 0 spiro atoms. The maximum atomic E-state index is 12.8. The first-order chi connectivity index (χ1) is 19.4. The largest absolute Gasteiger partial charge is 0.487 e. The Balaban J connectivity index is 1.39. The van der Waals surface area contributed by atoms with Crippen LogP contribution in [0, 0.1) is 6.92 Å². The summed E-state index contributed by atoms with van der Waals surface area (Å²) < 4.78 is 44.1. The van der Waals surface area contributed by atoms with Crippen molar-refractivity contribution in [3.8, 4) is 5.75 Å². The summed E-state index contributed by atoms with van der Waals surface area (Å²) in [5.41, 5.74) is 1.98. The highest BCUT2D eigenvalue weighted by molar-refractivity contribution is 6.38. The van der Waals surface area contributed by atoms with Crippen molar-refractivity contribution in [2.45, 2.75) is 19.7 Å². The summed E-state index contributed by atoms with van der Waals surface area (Å²) in [6.45, 7) is 1.56. The number of rotatable bonds is 8. The molecule has 0 bridgehead atoms. The maximum Gasteiger partial charge on any atom is 0.416 e. The van der Waals surface area contributed by atoms with Crippen LogP contribution in [0.5, 0.6) is 5.75 Å². The Hall–Kier alpha value is -4.08. The Kier molecular flexibility index (Phi) is 9.20. The van der Waals surface area contributed by atoms with Gasteiger partial charge in [0, 0.05) is 34.8 Å². The number of likely N-dealkylation sites (N-methyl/N-ethyl adjacent to an activating group) is 1. The van der Waals surface area contributed by atoms with Crippen LogP contribution in [0.15, 0.2) is 72.8 Å². The molecule has 6 nitrogen and oxygen atoms in total. The fourth-order valence-corrected chi connectivity index (χ4v) is 4.50. The number of benzene rings is 3. The van der Waals surface area contributed by atoms with Gasteiger partial charge in [0.2, 0.25) is 11.8 Å². The number of pyridine rings is 1. The van der Waals surface area contributed by atoms with E-state index in [1.54, 1.807) is 18.2 Å². The summed E-state index contributed by atoms with van der Waals surface area (Å²) in [7, 11) is 1.50. The third-order valence-electron chi connectivity index (χ3n) is 6.17. The monoisotopic (exact) mass is 601 g/mol. The summed E-state index contributed by atoms with van der Waals surface area (Å²) >= 11 is 13.0. The first-order valence-electron chi connectivity index (χ1n) is 12.3. The van der Waals surface area contributed by atoms with Crippen molar-refractivity contribution >= 4 is 57.7 Å². The fraction of sp³-hybridized carbons (Fsp3) is 0.167. The Morgan fingerprint density at radius 1 is 1.02 bits per heavy atom. The van der Waals surface area contributed by atoms with E-state index >= 15 is 0 Å². The zero-order valence-electron chi connectivity index (χ0n) is 21.9. The number of ether oxygens (including phenoxy) is 1. The summed E-state index contributed by atoms with van der Waals surface area (Å²) in [5, 5.41) is 3.94. The molecule has 1 N–H and O–H groups in total. The number of hydrogen-bond donors (Lipinski definition) is 1. The molecule has 0 aliphatic rings. The molecule has 0 aliphatic carbocycles. The molecule has 0 unspecified atom stereocenters. The summed E-state index contributed by atoms with van der Waals surface area (Å²) in [6, 6.07) is 17.0. The number of alkyl halides is 3. The number of amides is 2. The summed E-state index contributed by atoms with van der Waals surface area (Å²) in [6.07, 6.45) is -1.97. The van der Waals surface area contributed by atoms with Crippen LogP contribution in [0.2, 0.25) is 10.0 Å². The van der Waals surface area contributed by atoms with Crippen LogP contribution in [0.4, 0.5) is 18.9 Å². The topological polar surface area (TPSA) is 71.5 Å². The van der Waals surface area contributed by atoms with Crippen LogP contribution >= 0.6 is 23.2 Å². The van der Waals surface area contributed by atoms with Gasteiger partial charge in [-0.05, 0) is 55.0 Å². The number of fused-ring (bicyclic) bond motifs is 1. The molecule has 1 aromatic heterocycles. The molecule has 4 aromatic rings. The van der Waals surface area contributed by atoms with Crippen molar-refractivity contribution in [1.29, 1.82) is 0 Å². The van der Waals surface area contributed by atoms with Gasteiger partial charge in [-0.2, -0.15) is 13.2 Å². The van der Waals surface area contributed by atoms with E-state index in [0.29, 0.717) is 33.1 Å². The van der Waals surface area contributed by atoms with Crippen LogP contribution in [0.1, 0.15) is 22.4 Å². The van der Waals surface area contributed by atoms with Gasteiger partial charge in [-0.1, -0.05) is 53.5 Å². The molecular formula is C30H24Cl2F3N3O3. The molecule has 3 aromatic carbocycles. The van der Waals surface area contributed by atoms with Gasteiger partial charge < -0.3 is 15.0 Å². The molecular weight excluding hydrogens is 578 g/mol. The van der Waals surface area contributed by atoms with E-state index in [1.165, 1.54) is 30.2 Å². The van der Waals surface area contributed by atoms with E-state index in [0.717, 1.165) is 29.3 Å². The molecule has 1 heterocycles. The van der Waals surface area contributed by atoms with E-state index in [9.17, 15) is 22.8 Å². The number of carbonyl (C=O) groups excluding carboxylic acids is 2. The van der Waals surface area contributed by atoms with Gasteiger partial charge in [0.1, 0.15) is 17.9 Å². The number of carbonyl (C=O) groups is 2. The average Bonchev–Trinajstić information content (AvgIpc) is 2.94. The number of halogens is 5. The second kappa shape index (κ2) is 12.6. The summed E-state index contributed by atoms with van der Waals surface area (Å²) in [5.74, 6) is -0.506. The lowest BCUT2D eigenvalue weighted by atomic mass is 10.1. The highest BCUT2D eigenvalue weighted by Crippen LogP contribution is 2.35. The average molecular weight is 602 g/mol. The Morgan fingerprint density at radius 3 is 2.46 bits per heavy atom. The minimum Gasteiger partial charge on any atom is -0.487 e. The Labute approximate surface area is 244 Å². The minimum absolute atomic E-state index is 0.0216. The first-order valence-corrected chi connectivity index (χ1v) is 13.1. The molecule has 0 aliphatic heterocycles. The second-order valence-electron chi connectivity index (χ2n) is 9.05. The zero-order chi connectivity index (χ0) is 29.7. The van der Waals surface area contributed by atoms with Gasteiger partial charge in [-0.3, -0.25) is 9.59 Å². The van der Waals surface area contributed by atoms with Crippen molar-refractivity contribution in [3.63, 3.8) is 0 Å². The molecule has 0 saturated carbocycles. The van der Waals surface area contributed by atoms with Gasteiger partial charge in [0.25, 0.3) is 0 Å². The van der Waals surface area contributed by atoms with Crippen molar-refractivity contribution in [2.24, 2.45) is 0 Å². The first kappa shape index (κ1) is 29.9. The molecule has 0 atom stereocenters. The van der Waals surface area contributed by atoms with E-state index in [-0.39, 0.29) is 18.2 Å². The molecule has 0 fully saturated rings. The van der Waals surface area contributed by atoms with E-state index in [4.69, 9.17) is 27.9 Å². The highest BCUT2D eigenvalue weighted by Gasteiger charge is 2.29. The molecule has 2 amide bonds. The number of aryl methyl sites for hydroxylation is 1. The number of hydrogen-bond acceptors (Lipinski definition) is 4. The van der Waals surface area contributed by atoms with Gasteiger partial charge in [0.05, 0.1) is 22.8 Å². The van der Waals surface area contributed by atoms with Crippen LogP contribution < -0.4 is 15.0 Å². The number of anilines is 1. The number of nitrogens with zero attached hydrogens (tertiary/aromatic N) is 2. The third kappa shape index (κ3) is 7.36. The van der Waals surface area contributed by atoms with E-state index in [2.05, 4.69) is 10.3 Å². The number of para-hydroxylation sites is 1. The predicted molar refractivity (Wildman–Crippen MR) is 154 cm³/mol. The van der Waals surface area contributed by atoms with Gasteiger partial charge in [-0.25, -0.2) is 4.98 Å². The molecule has 41 heavy (non-hydrogen) atoms. The lowest BCUT2D eigenvalue weighted by molar-refractivity contribution is -0.137. The van der Waals surface area contributed by atoms with Gasteiger partial charge >= 0.3 is 6.18 Å². The lowest BCUT2D eigenvalue weighted by Crippen LogP contribution is -2.37. The van der Waals surface area contributed by atoms with Crippen molar-refractivity contribution in [2.75, 3.05) is 18.5 Å². The van der Waals surface area contributed by atoms with Crippen molar-refractivity contribution < 1.29 is 27.5 Å². The highest BCUT2D eigenvalue weighted by atomic mass is 35.5. The molecule has 212 valence electrons. The third-order valence-corrected chi connectivity index (χ3v) is 6.95. The molecule has 0 radical (unpaired) electrons. The maximum absolute atomic E-state index is 12.8. The standard InChI is InChI=1S/C30H24Cl2F3N3O3/c1-18-6-10-20-4-3-5-25(29(20)37-18)41-17-22-23(31)13-14-24(28(22)32)38(2)27(40)16-36-26(39)15-9-19-7-11-21(12-8-19)30(33,34)35/h3-15H,16-17H2,1-2H3,(H,36,39)/b15-9+. The smallest absolute Gasteiger partial charge is 0.416 e. The fourth-order valence-electron chi connectivity index (χ4n) is 3.89. The van der Waals surface area contributed by atoms with Gasteiger partial charge in [-0.15, -0.1) is 0 Å². The van der Waals surface area contributed by atoms with Crippen LogP contribution in [0.3, 0.4) is 0 Å². The SMILES string of the molecule is Cc1ccc2cccc(OCc3c(Cl)ccc(N(C)C(=O)CNC(=O)/C=C/c4ccc(C(F)(F)F)cc4)c3Cl)c2n1. The Morgan fingerprint density at radius 2 is 1.76 bits per heavy atom. The molecule has 4 rings (SSSR count). The zero-order valence-corrected chi connectivity index (χ0v) is 23.4. The number of nitrogens with one attached hydrogen (secondary N) is 1. The van der Waals surface area contributed by atoms with E-state index in [1.807, 2.05) is 31.2 Å². The Bertz CT molecular complexity index is 1620. The van der Waals surface area contributed by atoms with Crippen LogP contribution in [0.25, 0.3) is 17.0 Å². The quantitative estimate of drug-likeness (QED) is 0.216. The van der Waals surface area contributed by atoms with Gasteiger partial charge in [0.15, 0.2) is 0 Å². The van der Waals surface area contributed by atoms with Crippen molar-refractivity contribution in [1.82, 2.24) is 10.3 Å². The normalized spacial score (nSPS) is 11.6. The lowest BCUT2D eigenvalue weighted by Gasteiger charge is -2.21. The number of aromatic nitrogens is 1. The van der Waals surface area contributed by atoms with Crippen molar-refractivity contribution in [3.05, 3.63) is 105 Å². The van der Waals surface area contributed by atoms with Crippen LogP contribution in [-0.2, 0) is 22.4 Å². The van der Waals surface area contributed by atoms with Crippen LogP contribution in [-0.4, -0.2) is 30.4 Å². The predicted octanol–water partition coefficient (Wildman–Crippen LogP) is 7.24.